The standard InChI is InChI=1S/C15H15ClN2O3/c1-9-4-3-5-14(15(9)18(19)20)21-11-6-7-12(10(2)17)13(16)8-11/h3-8,10H,17H2,1-2H3. The predicted octanol–water partition coefficient (Wildman–Crippen LogP) is 4.37. The van der Waals surface area contributed by atoms with E-state index < -0.39 is 4.92 Å². The Hall–Kier alpha value is -2.11. The second-order valence-electron chi connectivity index (χ2n) is 4.75. The molecule has 0 aliphatic carbocycles. The Bertz CT molecular complexity index is 687. The number of nitro benzene ring substituents is 1. The van der Waals surface area contributed by atoms with E-state index in [4.69, 9.17) is 22.1 Å². The number of nitrogens with zero attached hydrogens (tertiary/aromatic N) is 1. The van der Waals surface area contributed by atoms with E-state index in [1.807, 2.05) is 6.92 Å². The van der Waals surface area contributed by atoms with Crippen LogP contribution in [0.5, 0.6) is 11.5 Å². The highest BCUT2D eigenvalue weighted by atomic mass is 35.5. The molecular weight excluding hydrogens is 292 g/mol. The van der Waals surface area contributed by atoms with Gasteiger partial charge in [0.1, 0.15) is 5.75 Å². The molecule has 2 aromatic rings. The number of para-hydroxylation sites is 1. The summed E-state index contributed by atoms with van der Waals surface area (Å²) in [5.41, 5.74) is 7.07. The molecule has 0 saturated carbocycles. The molecule has 0 radical (unpaired) electrons. The van der Waals surface area contributed by atoms with Crippen molar-refractivity contribution in [3.05, 3.63) is 62.7 Å². The molecule has 2 rings (SSSR count). The van der Waals surface area contributed by atoms with Crippen LogP contribution in [0, 0.1) is 17.0 Å². The van der Waals surface area contributed by atoms with E-state index in [-0.39, 0.29) is 17.5 Å². The Balaban J connectivity index is 2.37. The summed E-state index contributed by atoms with van der Waals surface area (Å²) in [4.78, 5) is 10.7. The second kappa shape index (κ2) is 6.11. The molecule has 1 atom stereocenters. The van der Waals surface area contributed by atoms with Crippen molar-refractivity contribution in [1.29, 1.82) is 0 Å². The molecule has 0 bridgehead atoms. The van der Waals surface area contributed by atoms with Gasteiger partial charge in [0.05, 0.1) is 4.92 Å². The molecule has 0 aliphatic heterocycles. The maximum absolute atomic E-state index is 11.1. The summed E-state index contributed by atoms with van der Waals surface area (Å²) in [6.07, 6.45) is 0. The number of hydrogen-bond acceptors (Lipinski definition) is 4. The second-order valence-corrected chi connectivity index (χ2v) is 5.16. The minimum absolute atomic E-state index is 0.0510. The summed E-state index contributed by atoms with van der Waals surface area (Å²) in [5.74, 6) is 0.614. The van der Waals surface area contributed by atoms with Crippen molar-refractivity contribution in [2.45, 2.75) is 19.9 Å². The average molecular weight is 307 g/mol. The summed E-state index contributed by atoms with van der Waals surface area (Å²) in [6.45, 7) is 3.49. The van der Waals surface area contributed by atoms with Crippen LogP contribution in [-0.2, 0) is 0 Å². The van der Waals surface area contributed by atoms with Gasteiger partial charge in [-0.25, -0.2) is 0 Å². The Labute approximate surface area is 127 Å². The normalized spacial score (nSPS) is 12.0. The first kappa shape index (κ1) is 15.3. The van der Waals surface area contributed by atoms with Gasteiger partial charge in [-0.15, -0.1) is 0 Å². The maximum atomic E-state index is 11.1. The lowest BCUT2D eigenvalue weighted by Gasteiger charge is -2.11. The summed E-state index contributed by atoms with van der Waals surface area (Å²) < 4.78 is 5.60. The fourth-order valence-electron chi connectivity index (χ4n) is 2.02. The zero-order valence-corrected chi connectivity index (χ0v) is 12.4. The first-order valence-corrected chi connectivity index (χ1v) is 6.75. The number of ether oxygens (including phenoxy) is 1. The maximum Gasteiger partial charge on any atom is 0.314 e. The zero-order valence-electron chi connectivity index (χ0n) is 11.7. The third kappa shape index (κ3) is 3.32. The lowest BCUT2D eigenvalue weighted by molar-refractivity contribution is -0.386. The number of halogens is 1. The third-order valence-corrected chi connectivity index (χ3v) is 3.40. The molecule has 2 N–H and O–H groups in total. The molecule has 2 aromatic carbocycles. The minimum atomic E-state index is -0.456. The summed E-state index contributed by atoms with van der Waals surface area (Å²) in [6, 6.07) is 9.78. The van der Waals surface area contributed by atoms with E-state index >= 15 is 0 Å². The highest BCUT2D eigenvalue weighted by molar-refractivity contribution is 6.31. The molecule has 0 aromatic heterocycles. The van der Waals surface area contributed by atoms with Gasteiger partial charge in [0, 0.05) is 16.6 Å². The molecular formula is C15H15ClN2O3. The smallest absolute Gasteiger partial charge is 0.314 e. The highest BCUT2D eigenvalue weighted by Gasteiger charge is 2.19. The van der Waals surface area contributed by atoms with Gasteiger partial charge in [-0.1, -0.05) is 29.8 Å². The lowest BCUT2D eigenvalue weighted by atomic mass is 10.1. The Kier molecular flexibility index (Phi) is 4.45. The van der Waals surface area contributed by atoms with Crippen molar-refractivity contribution in [3.63, 3.8) is 0 Å². The van der Waals surface area contributed by atoms with Crippen molar-refractivity contribution < 1.29 is 9.66 Å². The predicted molar refractivity (Wildman–Crippen MR) is 82.0 cm³/mol. The fourth-order valence-corrected chi connectivity index (χ4v) is 2.36. The Morgan fingerprint density at radius 2 is 2.05 bits per heavy atom. The summed E-state index contributed by atoms with van der Waals surface area (Å²) >= 11 is 6.13. The monoisotopic (exact) mass is 306 g/mol. The Morgan fingerprint density at radius 1 is 1.33 bits per heavy atom. The van der Waals surface area contributed by atoms with Crippen molar-refractivity contribution in [3.8, 4) is 11.5 Å². The van der Waals surface area contributed by atoms with Crippen LogP contribution in [0.25, 0.3) is 0 Å². The molecule has 0 heterocycles. The molecule has 0 aliphatic rings. The molecule has 0 amide bonds. The van der Waals surface area contributed by atoms with Gasteiger partial charge in [-0.3, -0.25) is 10.1 Å². The number of rotatable bonds is 4. The first-order valence-electron chi connectivity index (χ1n) is 6.37. The number of hydrogen-bond donors (Lipinski definition) is 1. The third-order valence-electron chi connectivity index (χ3n) is 3.07. The largest absolute Gasteiger partial charge is 0.450 e. The Morgan fingerprint density at radius 3 is 2.62 bits per heavy atom. The van der Waals surface area contributed by atoms with Crippen molar-refractivity contribution >= 4 is 17.3 Å². The van der Waals surface area contributed by atoms with Crippen LogP contribution in [0.4, 0.5) is 5.69 Å². The topological polar surface area (TPSA) is 78.4 Å². The van der Waals surface area contributed by atoms with Crippen LogP contribution < -0.4 is 10.5 Å². The summed E-state index contributed by atoms with van der Waals surface area (Å²) in [7, 11) is 0. The number of nitrogens with two attached hydrogens (primary N) is 1. The summed E-state index contributed by atoms with van der Waals surface area (Å²) in [5, 5.41) is 11.6. The number of benzene rings is 2. The first-order chi connectivity index (χ1) is 9.90. The lowest BCUT2D eigenvalue weighted by Crippen LogP contribution is -2.05. The van der Waals surface area contributed by atoms with E-state index in [1.54, 1.807) is 43.3 Å². The molecule has 0 fully saturated rings. The van der Waals surface area contributed by atoms with E-state index in [9.17, 15) is 10.1 Å². The van der Waals surface area contributed by atoms with Gasteiger partial charge in [0.15, 0.2) is 0 Å². The highest BCUT2D eigenvalue weighted by Crippen LogP contribution is 2.35. The van der Waals surface area contributed by atoms with Gasteiger partial charge in [0.25, 0.3) is 0 Å². The average Bonchev–Trinajstić information content (AvgIpc) is 2.37. The molecule has 0 spiro atoms. The quantitative estimate of drug-likeness (QED) is 0.672. The SMILES string of the molecule is Cc1cccc(Oc2ccc(C(C)N)c(Cl)c2)c1[N+](=O)[O-]. The van der Waals surface area contributed by atoms with Crippen LogP contribution >= 0.6 is 11.6 Å². The van der Waals surface area contributed by atoms with Gasteiger partial charge in [-0.05, 0) is 37.6 Å². The van der Waals surface area contributed by atoms with Crippen LogP contribution in [0.1, 0.15) is 24.1 Å². The van der Waals surface area contributed by atoms with Crippen LogP contribution in [-0.4, -0.2) is 4.92 Å². The van der Waals surface area contributed by atoms with E-state index in [0.717, 1.165) is 5.56 Å². The van der Waals surface area contributed by atoms with Crippen molar-refractivity contribution in [2.75, 3.05) is 0 Å². The van der Waals surface area contributed by atoms with E-state index in [0.29, 0.717) is 16.3 Å². The van der Waals surface area contributed by atoms with Gasteiger partial charge >= 0.3 is 5.69 Å². The van der Waals surface area contributed by atoms with Crippen molar-refractivity contribution in [1.82, 2.24) is 0 Å². The number of nitro groups is 1. The molecule has 5 nitrogen and oxygen atoms in total. The van der Waals surface area contributed by atoms with Gasteiger partial charge in [0.2, 0.25) is 5.75 Å². The molecule has 21 heavy (non-hydrogen) atoms. The van der Waals surface area contributed by atoms with E-state index in [1.165, 1.54) is 0 Å². The minimum Gasteiger partial charge on any atom is -0.450 e. The fraction of sp³-hybridized carbons (Fsp3) is 0.200. The molecule has 0 saturated heterocycles. The van der Waals surface area contributed by atoms with Gasteiger partial charge < -0.3 is 10.5 Å². The molecule has 6 heteroatoms. The van der Waals surface area contributed by atoms with E-state index in [2.05, 4.69) is 0 Å². The zero-order chi connectivity index (χ0) is 15.6. The van der Waals surface area contributed by atoms with Crippen molar-refractivity contribution in [2.24, 2.45) is 5.73 Å². The van der Waals surface area contributed by atoms with Crippen LogP contribution in [0.2, 0.25) is 5.02 Å². The van der Waals surface area contributed by atoms with Crippen LogP contribution in [0.3, 0.4) is 0 Å². The molecule has 110 valence electrons. The van der Waals surface area contributed by atoms with Gasteiger partial charge in [-0.2, -0.15) is 0 Å². The molecule has 1 unspecified atom stereocenters. The number of aryl methyl sites for hydroxylation is 1. The van der Waals surface area contributed by atoms with Crippen LogP contribution in [0.15, 0.2) is 36.4 Å².